The van der Waals surface area contributed by atoms with Crippen molar-refractivity contribution in [1.29, 1.82) is 0 Å². The van der Waals surface area contributed by atoms with Crippen molar-refractivity contribution in [2.24, 2.45) is 5.92 Å². The summed E-state index contributed by atoms with van der Waals surface area (Å²) >= 11 is 0. The number of likely N-dealkylation sites (tertiary alicyclic amines) is 1. The lowest BCUT2D eigenvalue weighted by Gasteiger charge is -2.46. The van der Waals surface area contributed by atoms with E-state index >= 15 is 14.4 Å². The summed E-state index contributed by atoms with van der Waals surface area (Å²) in [5.41, 5.74) is 1.44. The molecule has 0 unspecified atom stereocenters. The number of nitrogens with zero attached hydrogens (tertiary/aromatic N) is 2. The number of nitrogens with one attached hydrogen (secondary N) is 1. The number of cyclic esters (lactones) is 1. The zero-order valence-corrected chi connectivity index (χ0v) is 34.6. The van der Waals surface area contributed by atoms with Crippen LogP contribution in [0.2, 0.25) is 0 Å². The van der Waals surface area contributed by atoms with Crippen LogP contribution in [0.5, 0.6) is 5.75 Å². The quantitative estimate of drug-likeness (QED) is 0.0991. The molecule has 0 bridgehead atoms. The van der Waals surface area contributed by atoms with E-state index in [1.165, 1.54) is 0 Å². The first kappa shape index (κ1) is 40.9. The van der Waals surface area contributed by atoms with Gasteiger partial charge in [-0.3, -0.25) is 19.3 Å². The van der Waals surface area contributed by atoms with Gasteiger partial charge in [0.15, 0.2) is 0 Å². The van der Waals surface area contributed by atoms with Crippen LogP contribution in [-0.2, 0) is 24.5 Å². The monoisotopic (exact) mass is 821 g/mol. The van der Waals surface area contributed by atoms with Crippen LogP contribution in [-0.4, -0.2) is 75.7 Å². The highest BCUT2D eigenvalue weighted by Gasteiger charge is 2.74. The molecule has 5 aliphatic rings. The third-order valence-corrected chi connectivity index (χ3v) is 13.7. The van der Waals surface area contributed by atoms with Crippen LogP contribution in [0.15, 0.2) is 103 Å². The molecule has 61 heavy (non-hydrogen) atoms. The van der Waals surface area contributed by atoms with Gasteiger partial charge in [-0.15, -0.1) is 0 Å². The summed E-state index contributed by atoms with van der Waals surface area (Å²) < 4.78 is 12.4. The Hall–Kier alpha value is -5.47. The van der Waals surface area contributed by atoms with Gasteiger partial charge in [0.25, 0.3) is 0 Å². The third-order valence-electron chi connectivity index (χ3n) is 13.7. The molecule has 0 radical (unpaired) electrons. The van der Waals surface area contributed by atoms with Gasteiger partial charge in [0.05, 0.1) is 24.6 Å². The van der Waals surface area contributed by atoms with E-state index in [4.69, 9.17) is 9.47 Å². The number of aliphatic hydroxyl groups is 2. The van der Waals surface area contributed by atoms with E-state index in [0.717, 1.165) is 74.5 Å². The molecule has 1 spiro atoms. The van der Waals surface area contributed by atoms with E-state index in [0.29, 0.717) is 48.5 Å². The molecule has 2 amide bonds. The third kappa shape index (κ3) is 7.62. The SMILES string of the molecule is O=C1O[C@H](c2ccccc2)[C@H](c2ccccc2)N2[C@H]1[C@@H](C(=O)N1CCCCCCC1)[C@]1(C(=O)Nc3ccc(C#CC4(O)CCCCCC4)cc31)[C@H]2c1ccc(OCCO)cc1. The van der Waals surface area contributed by atoms with Gasteiger partial charge in [-0.1, -0.05) is 117 Å². The number of aliphatic hydroxyl groups excluding tert-OH is 1. The Kier molecular flexibility index (Phi) is 11.7. The Labute approximate surface area is 358 Å². The topological polar surface area (TPSA) is 129 Å². The van der Waals surface area contributed by atoms with Gasteiger partial charge in [-0.2, -0.15) is 0 Å². The largest absolute Gasteiger partial charge is 0.491 e. The molecule has 9 rings (SSSR count). The van der Waals surface area contributed by atoms with Crippen LogP contribution in [0.3, 0.4) is 0 Å². The molecule has 4 heterocycles. The molecule has 0 aromatic heterocycles. The van der Waals surface area contributed by atoms with E-state index in [9.17, 15) is 10.2 Å². The van der Waals surface area contributed by atoms with Gasteiger partial charge < -0.3 is 29.9 Å². The van der Waals surface area contributed by atoms with Crippen LogP contribution in [0.4, 0.5) is 5.69 Å². The highest BCUT2D eigenvalue weighted by molar-refractivity contribution is 6.12. The Balaban J connectivity index is 1.30. The smallest absolute Gasteiger partial charge is 0.324 e. The van der Waals surface area contributed by atoms with Crippen molar-refractivity contribution in [3.63, 3.8) is 0 Å². The average Bonchev–Trinajstić information content (AvgIpc) is 3.64. The molecule has 1 aliphatic carbocycles. The maximum atomic E-state index is 15.8. The predicted molar refractivity (Wildman–Crippen MR) is 231 cm³/mol. The van der Waals surface area contributed by atoms with Crippen molar-refractivity contribution in [3.05, 3.63) is 131 Å². The first-order valence-electron chi connectivity index (χ1n) is 22.2. The molecule has 6 atom stereocenters. The zero-order chi connectivity index (χ0) is 42.0. The van der Waals surface area contributed by atoms with Crippen LogP contribution in [0.25, 0.3) is 0 Å². The van der Waals surface area contributed by atoms with Crippen molar-refractivity contribution in [1.82, 2.24) is 9.80 Å². The molecule has 1 saturated carbocycles. The van der Waals surface area contributed by atoms with Gasteiger partial charge in [-0.05, 0) is 91.1 Å². The standard InChI is InChI=1S/C51H55N3O7/c55-32-33-60-39-23-21-38(22-24-39)46-51(40-34-35(20-25-41(40)52-49(51)58)26-29-50(59)27-12-2-3-13-28-50)42(47(56)53-30-14-4-1-5-15-31-53)44-48(57)61-45(37-18-10-7-11-19-37)43(54(44)46)36-16-8-6-9-17-36/h6-11,16-25,34,42-46,55,59H,1-5,12-15,27-28,30-33H2,(H,52,58)/t42-,43-,44-,45+,46+,51-/m0/s1. The number of hydrogen-bond donors (Lipinski definition) is 3. The first-order chi connectivity index (χ1) is 29.8. The van der Waals surface area contributed by atoms with E-state index in [1.54, 1.807) is 0 Å². The summed E-state index contributed by atoms with van der Waals surface area (Å²) in [4.78, 5) is 50.7. The maximum absolute atomic E-state index is 15.8. The molecule has 316 valence electrons. The van der Waals surface area contributed by atoms with Crippen molar-refractivity contribution in [2.45, 2.75) is 106 Å². The predicted octanol–water partition coefficient (Wildman–Crippen LogP) is 7.56. The molecule has 3 saturated heterocycles. The molecule has 3 N–H and O–H groups in total. The van der Waals surface area contributed by atoms with Crippen LogP contribution < -0.4 is 10.1 Å². The van der Waals surface area contributed by atoms with Crippen molar-refractivity contribution in [2.75, 3.05) is 31.6 Å². The number of fused-ring (bicyclic) bond motifs is 3. The number of hydrogen-bond acceptors (Lipinski definition) is 8. The summed E-state index contributed by atoms with van der Waals surface area (Å²) in [6, 6.07) is 30.1. The van der Waals surface area contributed by atoms with Crippen molar-refractivity contribution >= 4 is 23.5 Å². The Morgan fingerprint density at radius 1 is 0.770 bits per heavy atom. The number of anilines is 1. The number of amides is 2. The Morgan fingerprint density at radius 3 is 2.08 bits per heavy atom. The minimum atomic E-state index is -1.62. The fourth-order valence-electron chi connectivity index (χ4n) is 10.9. The highest BCUT2D eigenvalue weighted by Crippen LogP contribution is 2.65. The first-order valence-corrected chi connectivity index (χ1v) is 22.2. The number of morpholine rings is 1. The number of rotatable bonds is 7. The molecule has 10 nitrogen and oxygen atoms in total. The van der Waals surface area contributed by atoms with Crippen molar-refractivity contribution in [3.8, 4) is 17.6 Å². The fraction of sp³-hybridized carbons (Fsp3) is 0.431. The summed E-state index contributed by atoms with van der Waals surface area (Å²) in [7, 11) is 0. The number of carbonyl (C=O) groups is 3. The summed E-state index contributed by atoms with van der Waals surface area (Å²) in [5.74, 6) is 4.73. The summed E-state index contributed by atoms with van der Waals surface area (Å²) in [6.45, 7) is 1.03. The van der Waals surface area contributed by atoms with Crippen LogP contribution in [0, 0.1) is 17.8 Å². The number of benzene rings is 4. The second-order valence-electron chi connectivity index (χ2n) is 17.4. The molecule has 4 aromatic rings. The second-order valence-corrected chi connectivity index (χ2v) is 17.4. The van der Waals surface area contributed by atoms with E-state index < -0.39 is 47.1 Å². The van der Waals surface area contributed by atoms with Gasteiger partial charge in [-0.25, -0.2) is 0 Å². The lowest BCUT2D eigenvalue weighted by atomic mass is 9.65. The van der Waals surface area contributed by atoms with Gasteiger partial charge in [0.2, 0.25) is 11.8 Å². The lowest BCUT2D eigenvalue weighted by Crippen LogP contribution is -2.55. The molecular weight excluding hydrogens is 767 g/mol. The fourth-order valence-corrected chi connectivity index (χ4v) is 10.9. The van der Waals surface area contributed by atoms with Crippen LogP contribution in [0.1, 0.15) is 117 Å². The molecule has 4 aliphatic heterocycles. The summed E-state index contributed by atoms with van der Waals surface area (Å²) in [5, 5.41) is 24.3. The van der Waals surface area contributed by atoms with Gasteiger partial charge in [0, 0.05) is 24.3 Å². The molecule has 10 heteroatoms. The number of carbonyl (C=O) groups excluding carboxylic acids is 3. The maximum Gasteiger partial charge on any atom is 0.324 e. The summed E-state index contributed by atoms with van der Waals surface area (Å²) in [6.07, 6.45) is 9.14. The normalized spacial score (nSPS) is 27.3. The van der Waals surface area contributed by atoms with E-state index in [1.807, 2.05) is 108 Å². The van der Waals surface area contributed by atoms with Crippen molar-refractivity contribution < 1.29 is 34.1 Å². The number of ether oxygens (including phenoxy) is 2. The average molecular weight is 822 g/mol. The molecule has 4 aromatic carbocycles. The minimum Gasteiger partial charge on any atom is -0.491 e. The lowest BCUT2D eigenvalue weighted by molar-refractivity contribution is -0.179. The minimum absolute atomic E-state index is 0.114. The Bertz CT molecular complexity index is 2270. The Morgan fingerprint density at radius 2 is 1.41 bits per heavy atom. The highest BCUT2D eigenvalue weighted by atomic mass is 16.6. The second kappa shape index (κ2) is 17.5. The number of esters is 1. The zero-order valence-electron chi connectivity index (χ0n) is 34.6. The van der Waals surface area contributed by atoms with E-state index in [2.05, 4.69) is 22.1 Å². The van der Waals surface area contributed by atoms with Gasteiger partial charge >= 0.3 is 5.97 Å². The van der Waals surface area contributed by atoms with Gasteiger partial charge in [0.1, 0.15) is 35.5 Å². The van der Waals surface area contributed by atoms with E-state index in [-0.39, 0.29) is 25.0 Å². The molecule has 4 fully saturated rings. The molecular formula is C51H55N3O7. The van der Waals surface area contributed by atoms with Crippen LogP contribution >= 0.6 is 0 Å².